The van der Waals surface area contributed by atoms with Crippen LogP contribution >= 0.6 is 0 Å². The van der Waals surface area contributed by atoms with Gasteiger partial charge in [0.15, 0.2) is 0 Å². The first kappa shape index (κ1) is 17.2. The molecule has 0 saturated carbocycles. The lowest BCUT2D eigenvalue weighted by atomic mass is 9.93. The van der Waals surface area contributed by atoms with Crippen LogP contribution in [0.2, 0.25) is 0 Å². The second kappa shape index (κ2) is 6.69. The van der Waals surface area contributed by atoms with Crippen LogP contribution in [0.15, 0.2) is 66.9 Å². The average molecular weight is 343 g/mol. The molecule has 0 amide bonds. The largest absolute Gasteiger partial charge is 0.416 e. The number of alkyl halides is 3. The zero-order chi connectivity index (χ0) is 18.0. The second-order valence-corrected chi connectivity index (χ2v) is 5.83. The quantitative estimate of drug-likeness (QED) is 0.713. The maximum absolute atomic E-state index is 12.7. The fourth-order valence-electron chi connectivity index (χ4n) is 2.69. The highest BCUT2D eigenvalue weighted by molar-refractivity contribution is 5.66. The molecule has 128 valence electrons. The molecule has 1 unspecified atom stereocenters. The van der Waals surface area contributed by atoms with Gasteiger partial charge in [-0.2, -0.15) is 13.2 Å². The van der Waals surface area contributed by atoms with Gasteiger partial charge in [-0.25, -0.2) is 0 Å². The van der Waals surface area contributed by atoms with Crippen molar-refractivity contribution in [3.05, 3.63) is 89.1 Å². The SMILES string of the molecule is Cc1ccc(C(O)c2ccc(C(F)(F)F)cc2)c(-c2ccccn2)c1. The van der Waals surface area contributed by atoms with E-state index in [1.54, 1.807) is 18.3 Å². The van der Waals surface area contributed by atoms with Crippen molar-refractivity contribution in [1.29, 1.82) is 0 Å². The Labute approximate surface area is 143 Å². The number of aryl methyl sites for hydroxylation is 1. The highest BCUT2D eigenvalue weighted by atomic mass is 19.4. The van der Waals surface area contributed by atoms with Gasteiger partial charge in [-0.15, -0.1) is 0 Å². The maximum Gasteiger partial charge on any atom is 0.416 e. The summed E-state index contributed by atoms with van der Waals surface area (Å²) in [6.07, 6.45) is -3.78. The monoisotopic (exact) mass is 343 g/mol. The molecule has 0 fully saturated rings. The molecule has 2 aromatic carbocycles. The Kier molecular flexibility index (Phi) is 4.59. The van der Waals surface area contributed by atoms with E-state index in [0.29, 0.717) is 16.8 Å². The van der Waals surface area contributed by atoms with E-state index in [9.17, 15) is 18.3 Å². The lowest BCUT2D eigenvalue weighted by molar-refractivity contribution is -0.137. The highest BCUT2D eigenvalue weighted by Crippen LogP contribution is 2.34. The van der Waals surface area contributed by atoms with Crippen LogP contribution in [0.4, 0.5) is 13.2 Å². The Bertz CT molecular complexity index is 858. The summed E-state index contributed by atoms with van der Waals surface area (Å²) in [5.41, 5.74) is 2.72. The number of aliphatic hydroxyl groups is 1. The van der Waals surface area contributed by atoms with Crippen LogP contribution in [0.3, 0.4) is 0 Å². The van der Waals surface area contributed by atoms with Crippen LogP contribution in [0.5, 0.6) is 0 Å². The summed E-state index contributed by atoms with van der Waals surface area (Å²) in [5.74, 6) is 0. The van der Waals surface area contributed by atoms with Gasteiger partial charge in [-0.05, 0) is 48.4 Å². The first-order chi connectivity index (χ1) is 11.9. The molecule has 0 aliphatic rings. The Morgan fingerprint density at radius 1 is 0.960 bits per heavy atom. The Balaban J connectivity index is 2.02. The van der Waals surface area contributed by atoms with Gasteiger partial charge in [0.25, 0.3) is 0 Å². The standard InChI is InChI=1S/C20H16F3NO/c1-13-5-10-16(17(12-13)18-4-2-3-11-24-18)19(25)14-6-8-15(9-7-14)20(21,22)23/h2-12,19,25H,1H3. The normalized spacial score (nSPS) is 12.8. The fraction of sp³-hybridized carbons (Fsp3) is 0.150. The molecule has 1 heterocycles. The van der Waals surface area contributed by atoms with Crippen molar-refractivity contribution in [3.8, 4) is 11.3 Å². The smallest absolute Gasteiger partial charge is 0.384 e. The fourth-order valence-corrected chi connectivity index (χ4v) is 2.69. The molecule has 3 rings (SSSR count). The summed E-state index contributed by atoms with van der Waals surface area (Å²) < 4.78 is 38.1. The Hall–Kier alpha value is -2.66. The van der Waals surface area contributed by atoms with Gasteiger partial charge in [-0.3, -0.25) is 4.98 Å². The molecule has 0 bridgehead atoms. The summed E-state index contributed by atoms with van der Waals surface area (Å²) in [6.45, 7) is 1.93. The van der Waals surface area contributed by atoms with Gasteiger partial charge in [0, 0.05) is 11.8 Å². The molecule has 3 aromatic rings. The van der Waals surface area contributed by atoms with Gasteiger partial charge in [0.05, 0.1) is 11.3 Å². The van der Waals surface area contributed by atoms with Gasteiger partial charge in [0.1, 0.15) is 6.10 Å². The Morgan fingerprint density at radius 2 is 1.68 bits per heavy atom. The number of aliphatic hydroxyl groups excluding tert-OH is 1. The molecule has 0 spiro atoms. The van der Waals surface area contributed by atoms with Crippen LogP contribution in [-0.4, -0.2) is 10.1 Å². The predicted octanol–water partition coefficient (Wildman–Crippen LogP) is 5.16. The molecule has 0 radical (unpaired) electrons. The number of rotatable bonds is 3. The van der Waals surface area contributed by atoms with Gasteiger partial charge in [-0.1, -0.05) is 35.9 Å². The summed E-state index contributed by atoms with van der Waals surface area (Å²) in [6, 6.07) is 15.6. The molecular weight excluding hydrogens is 327 g/mol. The number of benzene rings is 2. The van der Waals surface area contributed by atoms with E-state index < -0.39 is 17.8 Å². The zero-order valence-corrected chi connectivity index (χ0v) is 13.5. The van der Waals surface area contributed by atoms with E-state index in [0.717, 1.165) is 23.3 Å². The number of hydrogen-bond donors (Lipinski definition) is 1. The molecular formula is C20H16F3NO. The van der Waals surface area contributed by atoms with Crippen molar-refractivity contribution in [1.82, 2.24) is 4.98 Å². The van der Waals surface area contributed by atoms with Crippen molar-refractivity contribution in [3.63, 3.8) is 0 Å². The minimum absolute atomic E-state index is 0.397. The topological polar surface area (TPSA) is 33.1 Å². The predicted molar refractivity (Wildman–Crippen MR) is 89.9 cm³/mol. The summed E-state index contributed by atoms with van der Waals surface area (Å²) in [7, 11) is 0. The summed E-state index contributed by atoms with van der Waals surface area (Å²) in [5, 5.41) is 10.7. The molecule has 5 heteroatoms. The molecule has 2 nitrogen and oxygen atoms in total. The van der Waals surface area contributed by atoms with E-state index in [-0.39, 0.29) is 0 Å². The van der Waals surface area contributed by atoms with Crippen molar-refractivity contribution >= 4 is 0 Å². The van der Waals surface area contributed by atoms with Gasteiger partial charge >= 0.3 is 6.18 Å². The maximum atomic E-state index is 12.7. The lowest BCUT2D eigenvalue weighted by Gasteiger charge is -2.17. The van der Waals surface area contributed by atoms with E-state index in [4.69, 9.17) is 0 Å². The van der Waals surface area contributed by atoms with Crippen molar-refractivity contribution in [2.45, 2.75) is 19.2 Å². The number of pyridine rings is 1. The van der Waals surface area contributed by atoms with E-state index in [1.807, 2.05) is 31.2 Å². The minimum atomic E-state index is -4.40. The van der Waals surface area contributed by atoms with E-state index >= 15 is 0 Å². The Morgan fingerprint density at radius 3 is 2.28 bits per heavy atom. The van der Waals surface area contributed by atoms with Crippen LogP contribution < -0.4 is 0 Å². The average Bonchev–Trinajstić information content (AvgIpc) is 2.61. The third-order valence-corrected chi connectivity index (χ3v) is 4.00. The van der Waals surface area contributed by atoms with Gasteiger partial charge < -0.3 is 5.11 Å². The third-order valence-electron chi connectivity index (χ3n) is 4.00. The van der Waals surface area contributed by atoms with E-state index in [2.05, 4.69) is 4.98 Å². The molecule has 0 aliphatic heterocycles. The third kappa shape index (κ3) is 3.72. The van der Waals surface area contributed by atoms with Crippen molar-refractivity contribution < 1.29 is 18.3 Å². The van der Waals surface area contributed by atoms with E-state index in [1.165, 1.54) is 12.1 Å². The van der Waals surface area contributed by atoms with Crippen LogP contribution in [0, 0.1) is 6.92 Å². The van der Waals surface area contributed by atoms with Crippen molar-refractivity contribution in [2.24, 2.45) is 0 Å². The summed E-state index contributed by atoms with van der Waals surface area (Å²) >= 11 is 0. The van der Waals surface area contributed by atoms with Crippen molar-refractivity contribution in [2.75, 3.05) is 0 Å². The highest BCUT2D eigenvalue weighted by Gasteiger charge is 2.30. The molecule has 1 aromatic heterocycles. The zero-order valence-electron chi connectivity index (χ0n) is 13.5. The molecule has 1 atom stereocenters. The first-order valence-electron chi connectivity index (χ1n) is 7.73. The molecule has 1 N–H and O–H groups in total. The first-order valence-corrected chi connectivity index (χ1v) is 7.73. The number of aromatic nitrogens is 1. The van der Waals surface area contributed by atoms with Gasteiger partial charge in [0.2, 0.25) is 0 Å². The molecule has 25 heavy (non-hydrogen) atoms. The van der Waals surface area contributed by atoms with Crippen LogP contribution in [-0.2, 0) is 6.18 Å². The lowest BCUT2D eigenvalue weighted by Crippen LogP contribution is -2.07. The van der Waals surface area contributed by atoms with Crippen LogP contribution in [0.1, 0.15) is 28.4 Å². The molecule has 0 saturated heterocycles. The summed E-state index contributed by atoms with van der Waals surface area (Å²) in [4.78, 5) is 4.31. The number of hydrogen-bond acceptors (Lipinski definition) is 2. The van der Waals surface area contributed by atoms with Crippen LogP contribution in [0.25, 0.3) is 11.3 Å². The number of nitrogens with zero attached hydrogens (tertiary/aromatic N) is 1. The number of halogens is 3. The molecule has 0 aliphatic carbocycles. The second-order valence-electron chi connectivity index (χ2n) is 5.83. The minimum Gasteiger partial charge on any atom is -0.384 e.